The summed E-state index contributed by atoms with van der Waals surface area (Å²) in [5.41, 5.74) is 0. The summed E-state index contributed by atoms with van der Waals surface area (Å²) in [5.74, 6) is -1.12. The largest absolute Gasteiger partial charge is 0.481 e. The third kappa shape index (κ3) is 4.52. The first kappa shape index (κ1) is 15.9. The topological polar surface area (TPSA) is 86.7 Å². The number of sulfonamides is 1. The molecule has 1 aliphatic heterocycles. The van der Waals surface area contributed by atoms with E-state index in [1.54, 1.807) is 30.3 Å². The minimum absolute atomic E-state index is 0.243. The number of rotatable bonds is 6. The summed E-state index contributed by atoms with van der Waals surface area (Å²) in [7, 11) is -3.48. The van der Waals surface area contributed by atoms with Gasteiger partial charge in [-0.15, -0.1) is 0 Å². The summed E-state index contributed by atoms with van der Waals surface area (Å²) in [6, 6.07) is 8.21. The molecule has 7 heteroatoms. The number of benzene rings is 1. The van der Waals surface area contributed by atoms with Gasteiger partial charge in [-0.2, -0.15) is 0 Å². The Morgan fingerprint density at radius 1 is 1.33 bits per heavy atom. The number of nitrogens with zero attached hydrogens (tertiary/aromatic N) is 1. The van der Waals surface area contributed by atoms with Crippen molar-refractivity contribution in [2.24, 2.45) is 5.92 Å². The van der Waals surface area contributed by atoms with Crippen molar-refractivity contribution in [3.8, 4) is 0 Å². The lowest BCUT2D eigenvalue weighted by molar-refractivity contribution is -0.143. The van der Waals surface area contributed by atoms with Gasteiger partial charge in [0.2, 0.25) is 10.0 Å². The molecule has 1 aromatic rings. The zero-order chi connectivity index (χ0) is 15.3. The van der Waals surface area contributed by atoms with Crippen molar-refractivity contribution in [2.45, 2.75) is 17.7 Å². The number of carbonyl (C=O) groups is 1. The molecule has 6 nitrogen and oxygen atoms in total. The first-order chi connectivity index (χ1) is 9.99. The average Bonchev–Trinajstić information content (AvgIpc) is 2.48. The van der Waals surface area contributed by atoms with Crippen LogP contribution in [0.15, 0.2) is 35.2 Å². The SMILES string of the molecule is O=C(O)C1CCCN(CCNS(=O)(=O)c2ccccc2)C1. The Morgan fingerprint density at radius 3 is 2.71 bits per heavy atom. The Bertz CT molecular complexity index is 574. The fourth-order valence-corrected chi connectivity index (χ4v) is 3.52. The minimum Gasteiger partial charge on any atom is -0.481 e. The summed E-state index contributed by atoms with van der Waals surface area (Å²) in [5, 5.41) is 9.02. The lowest BCUT2D eigenvalue weighted by Crippen LogP contribution is -2.42. The first-order valence-electron chi connectivity index (χ1n) is 6.99. The van der Waals surface area contributed by atoms with Crippen LogP contribution in [0.3, 0.4) is 0 Å². The van der Waals surface area contributed by atoms with Gasteiger partial charge < -0.3 is 10.0 Å². The molecule has 1 unspecified atom stereocenters. The van der Waals surface area contributed by atoms with Crippen LogP contribution >= 0.6 is 0 Å². The van der Waals surface area contributed by atoms with Crippen LogP contribution in [0.25, 0.3) is 0 Å². The third-order valence-electron chi connectivity index (χ3n) is 3.63. The van der Waals surface area contributed by atoms with Crippen LogP contribution in [-0.4, -0.2) is 50.6 Å². The number of hydrogen-bond acceptors (Lipinski definition) is 4. The molecule has 1 aliphatic rings. The molecule has 0 aliphatic carbocycles. The van der Waals surface area contributed by atoms with Crippen molar-refractivity contribution in [3.63, 3.8) is 0 Å². The van der Waals surface area contributed by atoms with Crippen molar-refractivity contribution >= 4 is 16.0 Å². The Hall–Kier alpha value is -1.44. The van der Waals surface area contributed by atoms with E-state index < -0.39 is 16.0 Å². The summed E-state index contributed by atoms with van der Waals surface area (Å²) < 4.78 is 26.6. The maximum atomic E-state index is 12.0. The van der Waals surface area contributed by atoms with Gasteiger partial charge in [-0.05, 0) is 31.5 Å². The zero-order valence-electron chi connectivity index (χ0n) is 11.7. The summed E-state index contributed by atoms with van der Waals surface area (Å²) >= 11 is 0. The van der Waals surface area contributed by atoms with Crippen LogP contribution in [0.1, 0.15) is 12.8 Å². The molecule has 1 heterocycles. The van der Waals surface area contributed by atoms with Gasteiger partial charge in [0.05, 0.1) is 10.8 Å². The maximum absolute atomic E-state index is 12.0. The van der Waals surface area contributed by atoms with Crippen LogP contribution in [0.5, 0.6) is 0 Å². The Balaban J connectivity index is 1.83. The second kappa shape index (κ2) is 7.02. The number of carboxylic acid groups (broad SMARTS) is 1. The highest BCUT2D eigenvalue weighted by Crippen LogP contribution is 2.16. The Labute approximate surface area is 124 Å². The maximum Gasteiger partial charge on any atom is 0.307 e. The molecule has 116 valence electrons. The number of likely N-dealkylation sites (tertiary alicyclic amines) is 1. The van der Waals surface area contributed by atoms with Gasteiger partial charge >= 0.3 is 5.97 Å². The van der Waals surface area contributed by atoms with E-state index in [-0.39, 0.29) is 17.4 Å². The molecule has 0 spiro atoms. The normalized spacial score (nSPS) is 20.3. The van der Waals surface area contributed by atoms with Gasteiger partial charge in [-0.25, -0.2) is 13.1 Å². The second-order valence-electron chi connectivity index (χ2n) is 5.19. The lowest BCUT2D eigenvalue weighted by atomic mass is 9.98. The van der Waals surface area contributed by atoms with E-state index in [0.29, 0.717) is 19.5 Å². The van der Waals surface area contributed by atoms with Crippen molar-refractivity contribution in [1.29, 1.82) is 0 Å². The van der Waals surface area contributed by atoms with Gasteiger partial charge in [0.1, 0.15) is 0 Å². The van der Waals surface area contributed by atoms with Gasteiger partial charge in [-0.1, -0.05) is 18.2 Å². The zero-order valence-corrected chi connectivity index (χ0v) is 12.6. The third-order valence-corrected chi connectivity index (χ3v) is 5.11. The first-order valence-corrected chi connectivity index (χ1v) is 8.47. The van der Waals surface area contributed by atoms with Gasteiger partial charge in [0.15, 0.2) is 0 Å². The average molecular weight is 312 g/mol. The fourth-order valence-electron chi connectivity index (χ4n) is 2.48. The minimum atomic E-state index is -3.48. The van der Waals surface area contributed by atoms with E-state index >= 15 is 0 Å². The quantitative estimate of drug-likeness (QED) is 0.810. The Morgan fingerprint density at radius 2 is 2.05 bits per heavy atom. The molecule has 1 fully saturated rings. The highest BCUT2D eigenvalue weighted by atomic mass is 32.2. The number of carboxylic acids is 1. The van der Waals surface area contributed by atoms with Crippen LogP contribution in [0, 0.1) is 5.92 Å². The van der Waals surface area contributed by atoms with Crippen molar-refractivity contribution in [1.82, 2.24) is 9.62 Å². The van der Waals surface area contributed by atoms with Crippen molar-refractivity contribution in [3.05, 3.63) is 30.3 Å². The summed E-state index contributed by atoms with van der Waals surface area (Å²) in [6.45, 7) is 2.11. The molecule has 1 aromatic carbocycles. The molecular formula is C14H20N2O4S. The van der Waals surface area contributed by atoms with Gasteiger partial charge in [0.25, 0.3) is 0 Å². The van der Waals surface area contributed by atoms with Crippen LogP contribution in [0.4, 0.5) is 0 Å². The standard InChI is InChI=1S/C14H20N2O4S/c17-14(18)12-5-4-9-16(11-12)10-8-15-21(19,20)13-6-2-1-3-7-13/h1-3,6-7,12,15H,4-5,8-11H2,(H,17,18). The molecule has 1 saturated heterocycles. The molecule has 0 aromatic heterocycles. The van der Waals surface area contributed by atoms with Crippen LogP contribution in [0.2, 0.25) is 0 Å². The lowest BCUT2D eigenvalue weighted by Gasteiger charge is -2.30. The fraction of sp³-hybridized carbons (Fsp3) is 0.500. The molecule has 0 amide bonds. The molecule has 21 heavy (non-hydrogen) atoms. The molecule has 1 atom stereocenters. The molecule has 2 rings (SSSR count). The molecule has 0 saturated carbocycles. The van der Waals surface area contributed by atoms with E-state index in [9.17, 15) is 13.2 Å². The monoisotopic (exact) mass is 312 g/mol. The predicted molar refractivity (Wildman–Crippen MR) is 78.4 cm³/mol. The summed E-state index contributed by atoms with van der Waals surface area (Å²) in [6.07, 6.45) is 1.53. The number of piperidine rings is 1. The highest BCUT2D eigenvalue weighted by molar-refractivity contribution is 7.89. The highest BCUT2D eigenvalue weighted by Gasteiger charge is 2.25. The van der Waals surface area contributed by atoms with Crippen LogP contribution in [-0.2, 0) is 14.8 Å². The number of hydrogen-bond donors (Lipinski definition) is 2. The molecule has 0 bridgehead atoms. The second-order valence-corrected chi connectivity index (χ2v) is 6.96. The van der Waals surface area contributed by atoms with E-state index in [0.717, 1.165) is 13.0 Å². The number of nitrogens with one attached hydrogen (secondary N) is 1. The predicted octanol–water partition coefficient (Wildman–Crippen LogP) is 0.761. The Kier molecular flexibility index (Phi) is 5.33. The van der Waals surface area contributed by atoms with Crippen molar-refractivity contribution in [2.75, 3.05) is 26.2 Å². The molecule has 0 radical (unpaired) electrons. The molecular weight excluding hydrogens is 292 g/mol. The van der Waals surface area contributed by atoms with E-state index in [1.807, 2.05) is 4.90 Å². The van der Waals surface area contributed by atoms with E-state index in [2.05, 4.69) is 4.72 Å². The van der Waals surface area contributed by atoms with Crippen LogP contribution < -0.4 is 4.72 Å². The smallest absolute Gasteiger partial charge is 0.307 e. The van der Waals surface area contributed by atoms with Gasteiger partial charge in [-0.3, -0.25) is 4.79 Å². The van der Waals surface area contributed by atoms with Gasteiger partial charge in [0, 0.05) is 19.6 Å². The number of aliphatic carboxylic acids is 1. The van der Waals surface area contributed by atoms with E-state index in [1.165, 1.54) is 0 Å². The van der Waals surface area contributed by atoms with E-state index in [4.69, 9.17) is 5.11 Å². The summed E-state index contributed by atoms with van der Waals surface area (Å²) in [4.78, 5) is 13.2. The molecule has 2 N–H and O–H groups in total. The van der Waals surface area contributed by atoms with Crippen molar-refractivity contribution < 1.29 is 18.3 Å².